The van der Waals surface area contributed by atoms with Crippen LogP contribution < -0.4 is 11.5 Å². The van der Waals surface area contributed by atoms with Gasteiger partial charge in [0.25, 0.3) is 5.69 Å². The van der Waals surface area contributed by atoms with Gasteiger partial charge in [-0.15, -0.1) is 10.2 Å². The van der Waals surface area contributed by atoms with E-state index < -0.39 is 4.92 Å². The van der Waals surface area contributed by atoms with Crippen LogP contribution in [0.5, 0.6) is 0 Å². The summed E-state index contributed by atoms with van der Waals surface area (Å²) in [7, 11) is 0. The number of nitrogens with two attached hydrogens (primary N) is 2. The number of nitro groups is 1. The molecule has 10 nitrogen and oxygen atoms in total. The van der Waals surface area contributed by atoms with Crippen LogP contribution in [0.3, 0.4) is 0 Å². The Labute approximate surface area is 151 Å². The predicted octanol–water partition coefficient (Wildman–Crippen LogP) is 3.68. The Kier molecular flexibility index (Phi) is 4.67. The van der Waals surface area contributed by atoms with Crippen LogP contribution in [0.25, 0.3) is 11.5 Å². The Morgan fingerprint density at radius 2 is 1.81 bits per heavy atom. The summed E-state index contributed by atoms with van der Waals surface area (Å²) in [5.41, 5.74) is 12.4. The highest BCUT2D eigenvalue weighted by molar-refractivity contribution is 6.33. The van der Waals surface area contributed by atoms with E-state index in [-0.39, 0.29) is 39.5 Å². The number of rotatable bonds is 4. The number of hydrogen-bond donors (Lipinski definition) is 2. The van der Waals surface area contributed by atoms with E-state index in [1.54, 1.807) is 24.4 Å². The fourth-order valence-electron chi connectivity index (χ4n) is 2.00. The summed E-state index contributed by atoms with van der Waals surface area (Å²) in [5, 5.41) is 18.6. The standard InChI is InChI=1S/C15H11ClN8O2/c16-9-7-8(24(25)26)4-5-10(9)22-23-12-13(17)20-15(21-14(12)18)11-3-1-2-6-19-11/h1-7H,(H4,17,18,20,21). The van der Waals surface area contributed by atoms with Gasteiger partial charge in [-0.05, 0) is 18.2 Å². The second-order valence-electron chi connectivity index (χ2n) is 4.97. The second kappa shape index (κ2) is 7.07. The van der Waals surface area contributed by atoms with Gasteiger partial charge in [-0.2, -0.15) is 0 Å². The number of nitrogen functional groups attached to an aromatic ring is 2. The van der Waals surface area contributed by atoms with E-state index in [2.05, 4.69) is 25.2 Å². The first-order valence-corrected chi connectivity index (χ1v) is 7.53. The predicted molar refractivity (Wildman–Crippen MR) is 96.4 cm³/mol. The number of pyridine rings is 1. The minimum absolute atomic E-state index is 0.0138. The molecule has 4 N–H and O–H groups in total. The van der Waals surface area contributed by atoms with E-state index in [0.29, 0.717) is 5.69 Å². The lowest BCUT2D eigenvalue weighted by Crippen LogP contribution is -2.02. The third kappa shape index (κ3) is 3.54. The van der Waals surface area contributed by atoms with Crippen molar-refractivity contribution in [2.75, 3.05) is 11.5 Å². The zero-order chi connectivity index (χ0) is 18.7. The molecule has 2 aromatic heterocycles. The summed E-state index contributed by atoms with van der Waals surface area (Å²) in [6.07, 6.45) is 1.59. The second-order valence-corrected chi connectivity index (χ2v) is 5.38. The molecule has 0 atom stereocenters. The number of aromatic nitrogens is 3. The van der Waals surface area contributed by atoms with Gasteiger partial charge in [0.2, 0.25) is 0 Å². The average Bonchev–Trinajstić information content (AvgIpc) is 2.62. The zero-order valence-electron chi connectivity index (χ0n) is 13.1. The number of nitrogens with zero attached hydrogens (tertiary/aromatic N) is 6. The normalized spacial score (nSPS) is 11.0. The molecule has 0 saturated heterocycles. The van der Waals surface area contributed by atoms with Gasteiger partial charge in [0.05, 0.1) is 9.95 Å². The molecule has 0 saturated carbocycles. The molecule has 0 aliphatic rings. The number of halogens is 1. The number of anilines is 2. The van der Waals surface area contributed by atoms with Crippen molar-refractivity contribution in [3.8, 4) is 11.5 Å². The third-order valence-corrected chi connectivity index (χ3v) is 3.53. The Hall–Kier alpha value is -3.66. The first kappa shape index (κ1) is 17.2. The van der Waals surface area contributed by atoms with E-state index >= 15 is 0 Å². The van der Waals surface area contributed by atoms with Crippen LogP contribution in [-0.2, 0) is 0 Å². The van der Waals surface area contributed by atoms with Crippen molar-refractivity contribution in [3.63, 3.8) is 0 Å². The third-order valence-electron chi connectivity index (χ3n) is 3.23. The summed E-state index contributed by atoms with van der Waals surface area (Å²) in [6, 6.07) is 9.04. The van der Waals surface area contributed by atoms with Crippen LogP contribution in [-0.4, -0.2) is 19.9 Å². The highest BCUT2D eigenvalue weighted by atomic mass is 35.5. The average molecular weight is 371 g/mol. The molecule has 11 heteroatoms. The molecule has 3 aromatic rings. The molecule has 26 heavy (non-hydrogen) atoms. The van der Waals surface area contributed by atoms with Crippen LogP contribution in [0.4, 0.5) is 28.7 Å². The smallest absolute Gasteiger partial charge is 0.271 e. The number of azo groups is 1. The summed E-state index contributed by atoms with van der Waals surface area (Å²) in [6.45, 7) is 0. The van der Waals surface area contributed by atoms with Crippen LogP contribution in [0.2, 0.25) is 5.02 Å². The highest BCUT2D eigenvalue weighted by Gasteiger charge is 2.13. The lowest BCUT2D eigenvalue weighted by Gasteiger charge is -2.05. The molecule has 0 amide bonds. The lowest BCUT2D eigenvalue weighted by molar-refractivity contribution is -0.384. The number of nitro benzene ring substituents is 1. The fourth-order valence-corrected chi connectivity index (χ4v) is 2.21. The molecule has 2 heterocycles. The van der Waals surface area contributed by atoms with Gasteiger partial charge in [-0.25, -0.2) is 9.97 Å². The van der Waals surface area contributed by atoms with E-state index in [0.717, 1.165) is 0 Å². The van der Waals surface area contributed by atoms with Gasteiger partial charge >= 0.3 is 0 Å². The van der Waals surface area contributed by atoms with Crippen LogP contribution in [0.1, 0.15) is 0 Å². The van der Waals surface area contributed by atoms with Gasteiger partial charge in [-0.3, -0.25) is 15.1 Å². The van der Waals surface area contributed by atoms with Crippen molar-refractivity contribution in [2.45, 2.75) is 0 Å². The first-order chi connectivity index (χ1) is 12.5. The van der Waals surface area contributed by atoms with E-state index in [9.17, 15) is 10.1 Å². The van der Waals surface area contributed by atoms with E-state index in [4.69, 9.17) is 23.1 Å². The van der Waals surface area contributed by atoms with E-state index in [1.807, 2.05) is 0 Å². The topological polar surface area (TPSA) is 159 Å². The van der Waals surface area contributed by atoms with Crippen LogP contribution in [0.15, 0.2) is 52.8 Å². The summed E-state index contributed by atoms with van der Waals surface area (Å²) < 4.78 is 0. The largest absolute Gasteiger partial charge is 0.382 e. The van der Waals surface area contributed by atoms with Gasteiger partial charge in [0, 0.05) is 18.3 Å². The molecule has 0 fully saturated rings. The quantitative estimate of drug-likeness (QED) is 0.402. The van der Waals surface area contributed by atoms with Gasteiger partial charge in [-0.1, -0.05) is 17.7 Å². The van der Waals surface area contributed by atoms with E-state index in [1.165, 1.54) is 18.2 Å². The van der Waals surface area contributed by atoms with Crippen molar-refractivity contribution >= 4 is 40.3 Å². The summed E-state index contributed by atoms with van der Waals surface area (Å²) in [4.78, 5) is 22.5. The SMILES string of the molecule is Nc1nc(-c2ccccn2)nc(N)c1N=Nc1ccc([N+](=O)[O-])cc1Cl. The minimum Gasteiger partial charge on any atom is -0.382 e. The molecule has 0 bridgehead atoms. The molecule has 130 valence electrons. The molecular weight excluding hydrogens is 360 g/mol. The molecule has 0 aliphatic heterocycles. The molecule has 0 radical (unpaired) electrons. The molecule has 1 aromatic carbocycles. The highest BCUT2D eigenvalue weighted by Crippen LogP contribution is 2.33. The van der Waals surface area contributed by atoms with Gasteiger partial charge in [0.15, 0.2) is 23.1 Å². The van der Waals surface area contributed by atoms with Gasteiger partial charge in [0.1, 0.15) is 11.4 Å². The molecular formula is C15H11ClN8O2. The van der Waals surface area contributed by atoms with Crippen molar-refractivity contribution in [1.82, 2.24) is 15.0 Å². The Balaban J connectivity index is 1.93. The van der Waals surface area contributed by atoms with Crippen LogP contribution in [0, 0.1) is 10.1 Å². The zero-order valence-corrected chi connectivity index (χ0v) is 13.8. The Morgan fingerprint density at radius 3 is 2.38 bits per heavy atom. The minimum atomic E-state index is -0.563. The first-order valence-electron chi connectivity index (χ1n) is 7.16. The molecule has 0 unspecified atom stereocenters. The fraction of sp³-hybridized carbons (Fsp3) is 0. The maximum atomic E-state index is 10.7. The van der Waals surface area contributed by atoms with Crippen LogP contribution >= 0.6 is 11.6 Å². The Bertz CT molecular complexity index is 987. The number of non-ortho nitro benzene ring substituents is 1. The maximum absolute atomic E-state index is 10.7. The van der Waals surface area contributed by atoms with Crippen molar-refractivity contribution < 1.29 is 4.92 Å². The Morgan fingerprint density at radius 1 is 1.08 bits per heavy atom. The number of hydrogen-bond acceptors (Lipinski definition) is 9. The van der Waals surface area contributed by atoms with Crippen molar-refractivity contribution in [3.05, 3.63) is 57.7 Å². The molecule has 0 aliphatic carbocycles. The lowest BCUT2D eigenvalue weighted by atomic mass is 10.3. The summed E-state index contributed by atoms with van der Waals surface area (Å²) >= 11 is 5.96. The monoisotopic (exact) mass is 370 g/mol. The summed E-state index contributed by atoms with van der Waals surface area (Å²) in [5.74, 6) is 0.285. The van der Waals surface area contributed by atoms with Crippen molar-refractivity contribution in [1.29, 1.82) is 0 Å². The molecule has 0 spiro atoms. The number of benzene rings is 1. The maximum Gasteiger partial charge on any atom is 0.271 e. The molecule has 3 rings (SSSR count). The van der Waals surface area contributed by atoms with Gasteiger partial charge < -0.3 is 11.5 Å². The van der Waals surface area contributed by atoms with Crippen molar-refractivity contribution in [2.24, 2.45) is 10.2 Å².